The maximum atomic E-state index is 12.2. The highest BCUT2D eigenvalue weighted by Crippen LogP contribution is 2.45. The van der Waals surface area contributed by atoms with Gasteiger partial charge in [-0.25, -0.2) is 4.79 Å². The zero-order valence-corrected chi connectivity index (χ0v) is 15.1. The highest BCUT2D eigenvalue weighted by Gasteiger charge is 2.34. The van der Waals surface area contributed by atoms with Crippen LogP contribution >= 0.6 is 15.9 Å². The molecule has 1 unspecified atom stereocenters. The Morgan fingerprint density at radius 3 is 2.55 bits per heavy atom. The molecule has 1 atom stereocenters. The highest BCUT2D eigenvalue weighted by molar-refractivity contribution is 9.10. The van der Waals surface area contributed by atoms with Crippen LogP contribution in [0.1, 0.15) is 63.0 Å². The molecular formula is C18H24BrNO2. The van der Waals surface area contributed by atoms with E-state index in [1.165, 1.54) is 24.0 Å². The van der Waals surface area contributed by atoms with Crippen molar-refractivity contribution in [2.75, 3.05) is 13.1 Å². The average molecular weight is 366 g/mol. The lowest BCUT2D eigenvalue weighted by atomic mass is 9.91. The number of hydrogen-bond acceptors (Lipinski definition) is 2. The maximum absolute atomic E-state index is 12.2. The van der Waals surface area contributed by atoms with Crippen molar-refractivity contribution in [2.45, 2.75) is 57.5 Å². The SMILES string of the molecule is CC(C)(C)OC(=O)N1CCC(c2cc(Br)ccc2C2CC2)C1. The van der Waals surface area contributed by atoms with Crippen LogP contribution in [0, 0.1) is 0 Å². The molecule has 0 radical (unpaired) electrons. The topological polar surface area (TPSA) is 29.5 Å². The lowest BCUT2D eigenvalue weighted by molar-refractivity contribution is 0.0292. The number of amides is 1. The molecule has 1 aliphatic heterocycles. The van der Waals surface area contributed by atoms with Gasteiger partial charge in [-0.1, -0.05) is 22.0 Å². The Morgan fingerprint density at radius 1 is 1.18 bits per heavy atom. The molecule has 0 N–H and O–H groups in total. The summed E-state index contributed by atoms with van der Waals surface area (Å²) in [6.45, 7) is 7.30. The van der Waals surface area contributed by atoms with Gasteiger partial charge in [-0.05, 0) is 69.2 Å². The second-order valence-corrected chi connectivity index (χ2v) is 8.38. The Hall–Kier alpha value is -1.03. The number of rotatable bonds is 2. The Kier molecular flexibility index (Phi) is 4.23. The Morgan fingerprint density at radius 2 is 1.91 bits per heavy atom. The fraction of sp³-hybridized carbons (Fsp3) is 0.611. The first-order chi connectivity index (χ1) is 10.3. The van der Waals surface area contributed by atoms with Gasteiger partial charge < -0.3 is 9.64 Å². The first kappa shape index (κ1) is 15.9. The van der Waals surface area contributed by atoms with Crippen LogP contribution in [-0.4, -0.2) is 29.7 Å². The van der Waals surface area contributed by atoms with Gasteiger partial charge in [-0.2, -0.15) is 0 Å². The summed E-state index contributed by atoms with van der Waals surface area (Å²) in [4.78, 5) is 14.1. The minimum Gasteiger partial charge on any atom is -0.444 e. The zero-order chi connectivity index (χ0) is 15.9. The van der Waals surface area contributed by atoms with Crippen LogP contribution in [0.2, 0.25) is 0 Å². The molecule has 2 fully saturated rings. The molecule has 1 heterocycles. The monoisotopic (exact) mass is 365 g/mol. The number of benzene rings is 1. The van der Waals surface area contributed by atoms with E-state index in [9.17, 15) is 4.79 Å². The number of hydrogen-bond donors (Lipinski definition) is 0. The largest absolute Gasteiger partial charge is 0.444 e. The van der Waals surface area contributed by atoms with Crippen LogP contribution < -0.4 is 0 Å². The van der Waals surface area contributed by atoms with E-state index < -0.39 is 5.60 Å². The summed E-state index contributed by atoms with van der Waals surface area (Å²) in [5.74, 6) is 1.17. The van der Waals surface area contributed by atoms with Crippen LogP contribution in [0.5, 0.6) is 0 Å². The number of ether oxygens (including phenoxy) is 1. The van der Waals surface area contributed by atoms with E-state index in [0.29, 0.717) is 5.92 Å². The van der Waals surface area contributed by atoms with Crippen molar-refractivity contribution in [3.63, 3.8) is 0 Å². The van der Waals surface area contributed by atoms with E-state index in [0.717, 1.165) is 29.9 Å². The van der Waals surface area contributed by atoms with Gasteiger partial charge in [0, 0.05) is 23.5 Å². The molecule has 0 aromatic heterocycles. The van der Waals surface area contributed by atoms with Crippen molar-refractivity contribution in [2.24, 2.45) is 0 Å². The number of carbonyl (C=O) groups is 1. The van der Waals surface area contributed by atoms with Crippen molar-refractivity contribution >= 4 is 22.0 Å². The fourth-order valence-electron chi connectivity index (χ4n) is 3.17. The molecule has 1 saturated carbocycles. The molecule has 120 valence electrons. The standard InChI is InChI=1S/C18H24BrNO2/c1-18(2,3)22-17(21)20-9-8-13(11-20)16-10-14(19)6-7-15(16)12-4-5-12/h6-7,10,12-13H,4-5,8-9,11H2,1-3H3. The van der Waals surface area contributed by atoms with E-state index in [1.807, 2.05) is 25.7 Å². The molecule has 0 spiro atoms. The van der Waals surface area contributed by atoms with Gasteiger partial charge in [0.2, 0.25) is 0 Å². The van der Waals surface area contributed by atoms with Crippen LogP contribution in [0.25, 0.3) is 0 Å². The van der Waals surface area contributed by atoms with Gasteiger partial charge in [-0.15, -0.1) is 0 Å². The summed E-state index contributed by atoms with van der Waals surface area (Å²) >= 11 is 3.59. The summed E-state index contributed by atoms with van der Waals surface area (Å²) in [7, 11) is 0. The third kappa shape index (κ3) is 3.65. The molecule has 1 aromatic carbocycles. The van der Waals surface area contributed by atoms with E-state index in [-0.39, 0.29) is 6.09 Å². The molecule has 0 bridgehead atoms. The van der Waals surface area contributed by atoms with Crippen LogP contribution in [0.15, 0.2) is 22.7 Å². The van der Waals surface area contributed by atoms with Gasteiger partial charge in [0.05, 0.1) is 0 Å². The molecule has 2 aliphatic rings. The molecule has 22 heavy (non-hydrogen) atoms. The van der Waals surface area contributed by atoms with Crippen molar-refractivity contribution in [3.8, 4) is 0 Å². The molecule has 3 nitrogen and oxygen atoms in total. The second kappa shape index (κ2) is 5.88. The first-order valence-corrected chi connectivity index (χ1v) is 8.90. The Bertz CT molecular complexity index is 575. The Labute approximate surface area is 141 Å². The van der Waals surface area contributed by atoms with Crippen LogP contribution in [0.3, 0.4) is 0 Å². The molecule has 4 heteroatoms. The lowest BCUT2D eigenvalue weighted by Crippen LogP contribution is -2.35. The van der Waals surface area contributed by atoms with Crippen molar-refractivity contribution in [3.05, 3.63) is 33.8 Å². The lowest BCUT2D eigenvalue weighted by Gasteiger charge is -2.24. The normalized spacial score (nSPS) is 22.0. The Balaban J connectivity index is 1.73. The second-order valence-electron chi connectivity index (χ2n) is 7.46. The predicted molar refractivity (Wildman–Crippen MR) is 91.3 cm³/mol. The smallest absolute Gasteiger partial charge is 0.410 e. The first-order valence-electron chi connectivity index (χ1n) is 8.11. The van der Waals surface area contributed by atoms with Gasteiger partial charge in [-0.3, -0.25) is 0 Å². The molecule has 1 saturated heterocycles. The highest BCUT2D eigenvalue weighted by atomic mass is 79.9. The third-order valence-corrected chi connectivity index (χ3v) is 4.84. The number of nitrogens with zero attached hydrogens (tertiary/aromatic N) is 1. The van der Waals surface area contributed by atoms with E-state index in [4.69, 9.17) is 4.74 Å². The van der Waals surface area contributed by atoms with Crippen LogP contribution in [0.4, 0.5) is 4.79 Å². The van der Waals surface area contributed by atoms with Gasteiger partial charge in [0.1, 0.15) is 5.60 Å². The van der Waals surface area contributed by atoms with Gasteiger partial charge in [0.15, 0.2) is 0 Å². The summed E-state index contributed by atoms with van der Waals surface area (Å²) in [6.07, 6.45) is 3.45. The maximum Gasteiger partial charge on any atom is 0.410 e. The third-order valence-electron chi connectivity index (χ3n) is 4.35. The molecule has 1 aromatic rings. The van der Waals surface area contributed by atoms with Crippen molar-refractivity contribution in [1.29, 1.82) is 0 Å². The van der Waals surface area contributed by atoms with Crippen molar-refractivity contribution < 1.29 is 9.53 Å². The van der Waals surface area contributed by atoms with E-state index >= 15 is 0 Å². The number of likely N-dealkylation sites (tertiary alicyclic amines) is 1. The van der Waals surface area contributed by atoms with E-state index in [1.54, 1.807) is 0 Å². The summed E-state index contributed by atoms with van der Waals surface area (Å²) in [6, 6.07) is 6.64. The van der Waals surface area contributed by atoms with E-state index in [2.05, 4.69) is 34.1 Å². The summed E-state index contributed by atoms with van der Waals surface area (Å²) < 4.78 is 6.62. The average Bonchev–Trinajstić information content (AvgIpc) is 3.13. The molecular weight excluding hydrogens is 342 g/mol. The molecule has 1 aliphatic carbocycles. The minimum absolute atomic E-state index is 0.182. The summed E-state index contributed by atoms with van der Waals surface area (Å²) in [5, 5.41) is 0. The van der Waals surface area contributed by atoms with Gasteiger partial charge in [0.25, 0.3) is 0 Å². The predicted octanol–water partition coefficient (Wildman–Crippen LogP) is 5.05. The minimum atomic E-state index is -0.426. The summed E-state index contributed by atoms with van der Waals surface area (Å²) in [5.41, 5.74) is 2.48. The number of carbonyl (C=O) groups excluding carboxylic acids is 1. The molecule has 3 rings (SSSR count). The molecule has 1 amide bonds. The van der Waals surface area contributed by atoms with Gasteiger partial charge >= 0.3 is 6.09 Å². The quantitative estimate of drug-likeness (QED) is 0.733. The zero-order valence-electron chi connectivity index (χ0n) is 13.6. The van der Waals surface area contributed by atoms with Crippen LogP contribution in [-0.2, 0) is 4.74 Å². The fourth-order valence-corrected chi connectivity index (χ4v) is 3.55. The number of halogens is 1. The van der Waals surface area contributed by atoms with Crippen molar-refractivity contribution in [1.82, 2.24) is 4.90 Å².